The van der Waals surface area contributed by atoms with E-state index in [1.54, 1.807) is 6.07 Å². The first kappa shape index (κ1) is 7.42. The van der Waals surface area contributed by atoms with Gasteiger partial charge in [0.05, 0.1) is 4.90 Å². The molecule has 62 valence electrons. The lowest BCUT2D eigenvalue weighted by Gasteiger charge is -2.00. The van der Waals surface area contributed by atoms with Crippen LogP contribution in [0.25, 0.3) is 0 Å². The molecule has 0 aromatic carbocycles. The number of rotatable bonds is 1. The van der Waals surface area contributed by atoms with Gasteiger partial charge in [0.2, 0.25) is 0 Å². The van der Waals surface area contributed by atoms with Gasteiger partial charge in [0.15, 0.2) is 17.9 Å². The van der Waals surface area contributed by atoms with Crippen molar-refractivity contribution >= 4 is 23.9 Å². The third-order valence-electron chi connectivity index (χ3n) is 1.52. The van der Waals surface area contributed by atoms with Crippen molar-refractivity contribution in [2.24, 2.45) is 0 Å². The number of nitrogen functional groups attached to an aromatic ring is 1. The third kappa shape index (κ3) is 1.02. The molecule has 1 aromatic rings. The van der Waals surface area contributed by atoms with Crippen LogP contribution in [0.4, 0.5) is 5.82 Å². The first-order chi connectivity index (χ1) is 5.81. The van der Waals surface area contributed by atoms with Crippen LogP contribution in [0, 0.1) is 0 Å². The van der Waals surface area contributed by atoms with Crippen molar-refractivity contribution in [3.63, 3.8) is 0 Å². The van der Waals surface area contributed by atoms with Gasteiger partial charge in [-0.05, 0) is 6.07 Å². The summed E-state index contributed by atoms with van der Waals surface area (Å²) >= 11 is 1.51. The van der Waals surface area contributed by atoms with Gasteiger partial charge in [0.1, 0.15) is 11.6 Å². The van der Waals surface area contributed by atoms with Crippen LogP contribution in [0.5, 0.6) is 5.75 Å². The van der Waals surface area contributed by atoms with Gasteiger partial charge < -0.3 is 10.5 Å². The van der Waals surface area contributed by atoms with E-state index in [0.717, 1.165) is 4.90 Å². The predicted octanol–water partition coefficient (Wildman–Crippen LogP) is 0.918. The first-order valence-electron chi connectivity index (χ1n) is 3.32. The zero-order valence-electron chi connectivity index (χ0n) is 6.11. The molecule has 0 fully saturated rings. The van der Waals surface area contributed by atoms with Gasteiger partial charge in [0.25, 0.3) is 0 Å². The number of aromatic nitrogens is 1. The summed E-state index contributed by atoms with van der Waals surface area (Å²) in [5.41, 5.74) is 5.89. The number of nitrogens with zero attached hydrogens (tertiary/aromatic N) is 1. The van der Waals surface area contributed by atoms with Gasteiger partial charge in [-0.2, -0.15) is 0 Å². The van der Waals surface area contributed by atoms with E-state index >= 15 is 0 Å². The summed E-state index contributed by atoms with van der Waals surface area (Å²) in [5.74, 6) is 1.44. The Balaban J connectivity index is 2.58. The summed E-state index contributed by atoms with van der Waals surface area (Å²) in [7, 11) is 0. The minimum absolute atomic E-state index is 0.291. The average Bonchev–Trinajstić information content (AvgIpc) is 2.52. The molecule has 0 saturated carbocycles. The molecule has 1 aliphatic rings. The number of carbonyl (C=O) groups excluding carboxylic acids is 1. The van der Waals surface area contributed by atoms with Crippen LogP contribution < -0.4 is 10.5 Å². The summed E-state index contributed by atoms with van der Waals surface area (Å²) in [6.45, 7) is 0. The number of nitrogens with two attached hydrogens (primary N) is 1. The zero-order valence-corrected chi connectivity index (χ0v) is 6.93. The van der Waals surface area contributed by atoms with E-state index in [0.29, 0.717) is 29.5 Å². The summed E-state index contributed by atoms with van der Waals surface area (Å²) in [6.07, 6.45) is 0.676. The standard InChI is InChI=1S/C7H6N2O2S/c8-7-6-5(12-3-11-6)1-4(2-10)9-7/h1-2H,3H2,(H2,8,9). The number of hydrogen-bond donors (Lipinski definition) is 1. The summed E-state index contributed by atoms with van der Waals surface area (Å²) < 4.78 is 5.19. The Kier molecular flexibility index (Phi) is 1.65. The molecule has 0 unspecified atom stereocenters. The SMILES string of the molecule is Nc1nc(C=O)cc2c1OCS2. The number of ether oxygens (including phenoxy) is 1. The number of pyridine rings is 1. The van der Waals surface area contributed by atoms with Crippen LogP contribution in [0.1, 0.15) is 10.5 Å². The highest BCUT2D eigenvalue weighted by Gasteiger charge is 2.17. The van der Waals surface area contributed by atoms with E-state index in [-0.39, 0.29) is 0 Å². The van der Waals surface area contributed by atoms with Crippen molar-refractivity contribution in [3.05, 3.63) is 11.8 Å². The molecule has 2 rings (SSSR count). The number of anilines is 1. The van der Waals surface area contributed by atoms with Crippen molar-refractivity contribution < 1.29 is 9.53 Å². The lowest BCUT2D eigenvalue weighted by atomic mass is 10.3. The zero-order chi connectivity index (χ0) is 8.55. The van der Waals surface area contributed by atoms with Gasteiger partial charge in [-0.1, -0.05) is 11.8 Å². The Morgan fingerprint density at radius 3 is 3.33 bits per heavy atom. The second-order valence-corrected chi connectivity index (χ2v) is 3.25. The fourth-order valence-corrected chi connectivity index (χ4v) is 1.82. The van der Waals surface area contributed by atoms with E-state index in [1.165, 1.54) is 11.8 Å². The maximum absolute atomic E-state index is 10.4. The van der Waals surface area contributed by atoms with Crippen LogP contribution in [-0.4, -0.2) is 17.2 Å². The largest absolute Gasteiger partial charge is 0.478 e. The topological polar surface area (TPSA) is 65.2 Å². The molecule has 1 aliphatic heterocycles. The second-order valence-electron chi connectivity index (χ2n) is 2.28. The number of aldehydes is 1. The van der Waals surface area contributed by atoms with Crippen molar-refractivity contribution in [2.75, 3.05) is 11.7 Å². The molecule has 0 bridgehead atoms. The number of carbonyl (C=O) groups is 1. The van der Waals surface area contributed by atoms with Crippen LogP contribution in [0.15, 0.2) is 11.0 Å². The Hall–Kier alpha value is -1.23. The maximum atomic E-state index is 10.4. The van der Waals surface area contributed by atoms with E-state index < -0.39 is 0 Å². The highest BCUT2D eigenvalue weighted by molar-refractivity contribution is 7.99. The number of hydrogen-bond acceptors (Lipinski definition) is 5. The summed E-state index contributed by atoms with van der Waals surface area (Å²) in [4.78, 5) is 15.1. The third-order valence-corrected chi connectivity index (χ3v) is 2.37. The van der Waals surface area contributed by atoms with Crippen molar-refractivity contribution in [1.29, 1.82) is 0 Å². The normalized spacial score (nSPS) is 13.7. The van der Waals surface area contributed by atoms with Crippen LogP contribution in [0.2, 0.25) is 0 Å². The second kappa shape index (κ2) is 2.67. The Morgan fingerprint density at radius 2 is 2.58 bits per heavy atom. The molecule has 2 heterocycles. The minimum Gasteiger partial charge on any atom is -0.478 e. The van der Waals surface area contributed by atoms with E-state index in [1.807, 2.05) is 0 Å². The Bertz CT molecular complexity index is 340. The van der Waals surface area contributed by atoms with Gasteiger partial charge in [-0.25, -0.2) is 4.98 Å². The van der Waals surface area contributed by atoms with Crippen LogP contribution >= 0.6 is 11.8 Å². The summed E-state index contributed by atoms with van der Waals surface area (Å²) in [6, 6.07) is 1.68. The lowest BCUT2D eigenvalue weighted by molar-refractivity contribution is 0.111. The molecular weight excluding hydrogens is 176 g/mol. The lowest BCUT2D eigenvalue weighted by Crippen LogP contribution is -1.97. The highest BCUT2D eigenvalue weighted by atomic mass is 32.2. The molecule has 0 spiro atoms. The predicted molar refractivity (Wildman–Crippen MR) is 45.4 cm³/mol. The molecule has 0 amide bonds. The quantitative estimate of drug-likeness (QED) is 0.654. The summed E-state index contributed by atoms with van der Waals surface area (Å²) in [5, 5.41) is 0. The van der Waals surface area contributed by atoms with E-state index in [9.17, 15) is 4.79 Å². The monoisotopic (exact) mass is 182 g/mol. The average molecular weight is 182 g/mol. The Morgan fingerprint density at radius 1 is 1.75 bits per heavy atom. The minimum atomic E-state index is 0.291. The number of thioether (sulfide) groups is 1. The maximum Gasteiger partial charge on any atom is 0.176 e. The van der Waals surface area contributed by atoms with Crippen LogP contribution in [0.3, 0.4) is 0 Å². The fourth-order valence-electron chi connectivity index (χ4n) is 1.01. The van der Waals surface area contributed by atoms with Crippen molar-refractivity contribution in [3.8, 4) is 5.75 Å². The van der Waals surface area contributed by atoms with E-state index in [4.69, 9.17) is 10.5 Å². The molecule has 1 aromatic heterocycles. The highest BCUT2D eigenvalue weighted by Crippen LogP contribution is 2.39. The molecular formula is C7H6N2O2S. The van der Waals surface area contributed by atoms with Gasteiger partial charge in [-0.15, -0.1) is 0 Å². The van der Waals surface area contributed by atoms with Crippen LogP contribution in [-0.2, 0) is 0 Å². The molecule has 4 nitrogen and oxygen atoms in total. The van der Waals surface area contributed by atoms with Gasteiger partial charge >= 0.3 is 0 Å². The van der Waals surface area contributed by atoms with Gasteiger partial charge in [0, 0.05) is 0 Å². The molecule has 0 aliphatic carbocycles. The molecule has 0 atom stereocenters. The fraction of sp³-hybridized carbons (Fsp3) is 0.143. The molecule has 2 N–H and O–H groups in total. The molecule has 12 heavy (non-hydrogen) atoms. The molecule has 0 radical (unpaired) electrons. The van der Waals surface area contributed by atoms with E-state index in [2.05, 4.69) is 4.98 Å². The van der Waals surface area contributed by atoms with Crippen molar-refractivity contribution in [2.45, 2.75) is 4.90 Å². The number of fused-ring (bicyclic) bond motifs is 1. The molecule has 5 heteroatoms. The van der Waals surface area contributed by atoms with Gasteiger partial charge in [-0.3, -0.25) is 4.79 Å². The smallest absolute Gasteiger partial charge is 0.176 e. The van der Waals surface area contributed by atoms with Crippen molar-refractivity contribution in [1.82, 2.24) is 4.98 Å². The molecule has 0 saturated heterocycles. The Labute approximate surface area is 73.1 Å². The first-order valence-corrected chi connectivity index (χ1v) is 4.31.